The molecule has 0 saturated heterocycles. The van der Waals surface area contributed by atoms with E-state index in [4.69, 9.17) is 35.4 Å². The maximum atomic E-state index is 12.7. The average Bonchev–Trinajstić information content (AvgIpc) is 2.48. The standard InChI is InChI=1S/C16H10Cl2N2O2S/c1-8-3-2-4-9(5-8)14(21)20-15(22)11-6-10(17)7-12(18)13(11)19-16(20)23/h2-7H,1H3,(H,19,23). The van der Waals surface area contributed by atoms with Crippen molar-refractivity contribution in [3.8, 4) is 0 Å². The van der Waals surface area contributed by atoms with Crippen molar-refractivity contribution in [3.63, 3.8) is 0 Å². The predicted octanol–water partition coefficient (Wildman–Crippen LogP) is 4.36. The van der Waals surface area contributed by atoms with E-state index in [1.165, 1.54) is 12.1 Å². The van der Waals surface area contributed by atoms with Gasteiger partial charge in [-0.3, -0.25) is 9.59 Å². The molecule has 23 heavy (non-hydrogen) atoms. The largest absolute Gasteiger partial charge is 0.330 e. The zero-order valence-electron chi connectivity index (χ0n) is 11.9. The number of aromatic amines is 1. The molecular formula is C16H10Cl2N2O2S. The molecule has 1 heterocycles. The number of carbonyl (C=O) groups is 1. The van der Waals surface area contributed by atoms with E-state index >= 15 is 0 Å². The number of aromatic nitrogens is 2. The summed E-state index contributed by atoms with van der Waals surface area (Å²) in [4.78, 5) is 28.2. The Kier molecular flexibility index (Phi) is 4.10. The number of benzene rings is 2. The lowest BCUT2D eigenvalue weighted by Gasteiger charge is -2.08. The van der Waals surface area contributed by atoms with Crippen LogP contribution in [0.5, 0.6) is 0 Å². The molecule has 0 bridgehead atoms. The molecular weight excluding hydrogens is 355 g/mol. The Balaban J connectivity index is 2.33. The van der Waals surface area contributed by atoms with Crippen LogP contribution in [0.4, 0.5) is 0 Å². The summed E-state index contributed by atoms with van der Waals surface area (Å²) >= 11 is 17.2. The lowest BCUT2D eigenvalue weighted by molar-refractivity contribution is 0.0953. The highest BCUT2D eigenvalue weighted by molar-refractivity contribution is 7.71. The number of carbonyl (C=O) groups excluding carboxylic acids is 1. The average molecular weight is 365 g/mol. The first-order valence-corrected chi connectivity index (χ1v) is 7.80. The normalized spacial score (nSPS) is 10.9. The maximum absolute atomic E-state index is 12.7. The third-order valence-corrected chi connectivity index (χ3v) is 4.19. The molecule has 7 heteroatoms. The van der Waals surface area contributed by atoms with Gasteiger partial charge in [-0.05, 0) is 43.4 Å². The van der Waals surface area contributed by atoms with Crippen LogP contribution in [0.2, 0.25) is 10.0 Å². The summed E-state index contributed by atoms with van der Waals surface area (Å²) in [5, 5.41) is 0.780. The zero-order chi connectivity index (χ0) is 16.7. The highest BCUT2D eigenvalue weighted by Gasteiger charge is 2.16. The molecule has 0 fully saturated rings. The van der Waals surface area contributed by atoms with Crippen molar-refractivity contribution < 1.29 is 4.79 Å². The molecule has 0 atom stereocenters. The second-order valence-electron chi connectivity index (χ2n) is 5.06. The van der Waals surface area contributed by atoms with Crippen LogP contribution >= 0.6 is 35.4 Å². The van der Waals surface area contributed by atoms with Crippen LogP contribution in [0, 0.1) is 11.7 Å². The SMILES string of the molecule is Cc1cccc(C(=O)n2c(=S)[nH]c3c(Cl)cc(Cl)cc3c2=O)c1. The number of nitrogens with one attached hydrogen (secondary N) is 1. The van der Waals surface area contributed by atoms with Crippen molar-refractivity contribution in [2.45, 2.75) is 6.92 Å². The number of aryl methyl sites for hydroxylation is 1. The van der Waals surface area contributed by atoms with Gasteiger partial charge in [0, 0.05) is 10.6 Å². The second kappa shape index (κ2) is 5.92. The van der Waals surface area contributed by atoms with Crippen LogP contribution in [0.1, 0.15) is 15.9 Å². The van der Waals surface area contributed by atoms with Gasteiger partial charge in [-0.2, -0.15) is 0 Å². The summed E-state index contributed by atoms with van der Waals surface area (Å²) in [5.74, 6) is -0.502. The van der Waals surface area contributed by atoms with Crippen LogP contribution in [0.25, 0.3) is 10.9 Å². The van der Waals surface area contributed by atoms with Gasteiger partial charge < -0.3 is 4.98 Å². The molecule has 3 rings (SSSR count). The molecule has 0 aliphatic heterocycles. The van der Waals surface area contributed by atoms with E-state index in [1.807, 2.05) is 13.0 Å². The number of H-pyrrole nitrogens is 1. The summed E-state index contributed by atoms with van der Waals surface area (Å²) < 4.78 is 0.900. The van der Waals surface area contributed by atoms with Gasteiger partial charge in [-0.15, -0.1) is 0 Å². The van der Waals surface area contributed by atoms with Gasteiger partial charge in [-0.1, -0.05) is 40.9 Å². The molecule has 3 aromatic rings. The molecule has 4 nitrogen and oxygen atoms in total. The van der Waals surface area contributed by atoms with Crippen LogP contribution in [0.3, 0.4) is 0 Å². The van der Waals surface area contributed by atoms with Crippen LogP contribution < -0.4 is 5.56 Å². The van der Waals surface area contributed by atoms with E-state index < -0.39 is 11.5 Å². The second-order valence-corrected chi connectivity index (χ2v) is 6.29. The first-order chi connectivity index (χ1) is 10.9. The van der Waals surface area contributed by atoms with Gasteiger partial charge in [0.25, 0.3) is 11.5 Å². The van der Waals surface area contributed by atoms with Crippen LogP contribution in [-0.2, 0) is 0 Å². The lowest BCUT2D eigenvalue weighted by atomic mass is 10.1. The van der Waals surface area contributed by atoms with Gasteiger partial charge in [0.2, 0.25) is 0 Å². The summed E-state index contributed by atoms with van der Waals surface area (Å²) in [6, 6.07) is 9.89. The number of hydrogen-bond acceptors (Lipinski definition) is 3. The van der Waals surface area contributed by atoms with E-state index in [-0.39, 0.29) is 15.2 Å². The zero-order valence-corrected chi connectivity index (χ0v) is 14.2. The molecule has 0 amide bonds. The van der Waals surface area contributed by atoms with Crippen LogP contribution in [-0.4, -0.2) is 15.5 Å². The fourth-order valence-corrected chi connectivity index (χ4v) is 3.15. The maximum Gasteiger partial charge on any atom is 0.269 e. The Hall–Kier alpha value is -1.95. The predicted molar refractivity (Wildman–Crippen MR) is 94.3 cm³/mol. The van der Waals surface area contributed by atoms with Crippen LogP contribution in [0.15, 0.2) is 41.2 Å². The van der Waals surface area contributed by atoms with Gasteiger partial charge in [0.1, 0.15) is 0 Å². The monoisotopic (exact) mass is 364 g/mol. The molecule has 0 aliphatic rings. The summed E-state index contributed by atoms with van der Waals surface area (Å²) in [5.41, 5.74) is 1.09. The fourth-order valence-electron chi connectivity index (χ4n) is 2.34. The third kappa shape index (κ3) is 2.83. The van der Waals surface area contributed by atoms with E-state index in [1.54, 1.807) is 18.2 Å². The Morgan fingerprint density at radius 1 is 1.22 bits per heavy atom. The van der Waals surface area contributed by atoms with Gasteiger partial charge in [-0.25, -0.2) is 4.57 Å². The van der Waals surface area contributed by atoms with Gasteiger partial charge in [0.15, 0.2) is 4.77 Å². The Bertz CT molecular complexity index is 1070. The molecule has 0 saturated carbocycles. The number of fused-ring (bicyclic) bond motifs is 1. The topological polar surface area (TPSA) is 54.9 Å². The minimum atomic E-state index is -0.556. The van der Waals surface area contributed by atoms with Crippen molar-refractivity contribution in [2.24, 2.45) is 0 Å². The molecule has 1 N–H and O–H groups in total. The Morgan fingerprint density at radius 3 is 2.65 bits per heavy atom. The van der Waals surface area contributed by atoms with Crippen molar-refractivity contribution in [2.75, 3.05) is 0 Å². The van der Waals surface area contributed by atoms with Crippen molar-refractivity contribution in [3.05, 3.63) is 72.7 Å². The van der Waals surface area contributed by atoms with Gasteiger partial charge in [0.05, 0.1) is 15.9 Å². The molecule has 1 aromatic heterocycles. The molecule has 0 unspecified atom stereocenters. The third-order valence-electron chi connectivity index (χ3n) is 3.39. The minimum Gasteiger partial charge on any atom is -0.330 e. The number of halogens is 2. The van der Waals surface area contributed by atoms with E-state index in [9.17, 15) is 9.59 Å². The summed E-state index contributed by atoms with van der Waals surface area (Å²) in [6.45, 7) is 1.86. The minimum absolute atomic E-state index is 0.0155. The Labute approximate surface area is 146 Å². The van der Waals surface area contributed by atoms with Crippen molar-refractivity contribution in [1.29, 1.82) is 0 Å². The van der Waals surface area contributed by atoms with Crippen molar-refractivity contribution in [1.82, 2.24) is 9.55 Å². The van der Waals surface area contributed by atoms with E-state index in [0.717, 1.165) is 10.1 Å². The highest BCUT2D eigenvalue weighted by atomic mass is 35.5. The molecule has 2 aromatic carbocycles. The molecule has 0 spiro atoms. The summed E-state index contributed by atoms with van der Waals surface area (Å²) in [6.07, 6.45) is 0. The molecule has 0 aliphatic carbocycles. The lowest BCUT2D eigenvalue weighted by Crippen LogP contribution is -2.29. The van der Waals surface area contributed by atoms with E-state index in [0.29, 0.717) is 16.1 Å². The number of hydrogen-bond donors (Lipinski definition) is 1. The summed E-state index contributed by atoms with van der Waals surface area (Å²) in [7, 11) is 0. The van der Waals surface area contributed by atoms with Gasteiger partial charge >= 0.3 is 0 Å². The molecule has 116 valence electrons. The smallest absolute Gasteiger partial charge is 0.269 e. The number of rotatable bonds is 1. The first kappa shape index (κ1) is 15.9. The fraction of sp³-hybridized carbons (Fsp3) is 0.0625. The first-order valence-electron chi connectivity index (χ1n) is 6.64. The van der Waals surface area contributed by atoms with Crippen molar-refractivity contribution >= 4 is 52.2 Å². The highest BCUT2D eigenvalue weighted by Crippen LogP contribution is 2.24. The number of nitrogens with zero attached hydrogens (tertiary/aromatic N) is 1. The Morgan fingerprint density at radius 2 is 1.96 bits per heavy atom. The molecule has 0 radical (unpaired) electrons. The van der Waals surface area contributed by atoms with E-state index in [2.05, 4.69) is 4.98 Å². The quantitative estimate of drug-likeness (QED) is 0.652.